The molecule has 0 fully saturated rings. The fourth-order valence-corrected chi connectivity index (χ4v) is 1.36. The van der Waals surface area contributed by atoms with E-state index in [-0.39, 0.29) is 0 Å². The number of allylic oxidation sites excluding steroid dienone is 1. The minimum absolute atomic E-state index is 0.792. The lowest BCUT2D eigenvalue weighted by Crippen LogP contribution is -1.96. The number of rotatable bonds is 5. The molecule has 0 heterocycles. The van der Waals surface area contributed by atoms with Gasteiger partial charge in [0, 0.05) is 0 Å². The van der Waals surface area contributed by atoms with Gasteiger partial charge in [-0.05, 0) is 43.0 Å². The van der Waals surface area contributed by atoms with Gasteiger partial charge in [-0.2, -0.15) is 0 Å². The normalized spacial score (nSPS) is 9.86. The SMILES string of the molecule is C=CCc1ccc(OCCC)cc1C. The summed E-state index contributed by atoms with van der Waals surface area (Å²) in [5, 5.41) is 0. The molecule has 0 aliphatic carbocycles. The average molecular weight is 190 g/mol. The second-order valence-electron chi connectivity index (χ2n) is 3.43. The molecule has 1 aromatic rings. The van der Waals surface area contributed by atoms with E-state index in [4.69, 9.17) is 4.74 Å². The molecular weight excluding hydrogens is 172 g/mol. The van der Waals surface area contributed by atoms with E-state index in [0.717, 1.165) is 25.2 Å². The van der Waals surface area contributed by atoms with Crippen molar-refractivity contribution >= 4 is 0 Å². The molecule has 0 amide bonds. The van der Waals surface area contributed by atoms with Crippen molar-refractivity contribution in [2.45, 2.75) is 26.7 Å². The van der Waals surface area contributed by atoms with Gasteiger partial charge in [-0.15, -0.1) is 6.58 Å². The van der Waals surface area contributed by atoms with E-state index in [0.29, 0.717) is 0 Å². The summed E-state index contributed by atoms with van der Waals surface area (Å²) in [6.07, 6.45) is 3.91. The van der Waals surface area contributed by atoms with Crippen LogP contribution in [0.3, 0.4) is 0 Å². The molecule has 0 aliphatic heterocycles. The Bertz CT molecular complexity index is 302. The molecule has 0 bridgehead atoms. The standard InChI is InChI=1S/C13H18O/c1-4-6-12-7-8-13(10-11(12)3)14-9-5-2/h4,7-8,10H,1,5-6,9H2,2-3H3. The third kappa shape index (κ3) is 2.91. The monoisotopic (exact) mass is 190 g/mol. The van der Waals surface area contributed by atoms with Gasteiger partial charge in [-0.1, -0.05) is 19.1 Å². The predicted octanol–water partition coefficient (Wildman–Crippen LogP) is 3.51. The Morgan fingerprint density at radius 1 is 1.43 bits per heavy atom. The Hall–Kier alpha value is -1.24. The van der Waals surface area contributed by atoms with Crippen LogP contribution >= 0.6 is 0 Å². The Balaban J connectivity index is 2.72. The van der Waals surface area contributed by atoms with Crippen molar-refractivity contribution < 1.29 is 4.74 Å². The number of hydrogen-bond donors (Lipinski definition) is 0. The molecule has 1 heteroatoms. The molecule has 0 radical (unpaired) electrons. The second kappa shape index (κ2) is 5.48. The van der Waals surface area contributed by atoms with Gasteiger partial charge in [0.25, 0.3) is 0 Å². The minimum atomic E-state index is 0.792. The quantitative estimate of drug-likeness (QED) is 0.645. The maximum absolute atomic E-state index is 5.54. The minimum Gasteiger partial charge on any atom is -0.494 e. The molecule has 1 nitrogen and oxygen atoms in total. The van der Waals surface area contributed by atoms with Gasteiger partial charge in [0.15, 0.2) is 0 Å². The zero-order valence-corrected chi connectivity index (χ0v) is 9.05. The second-order valence-corrected chi connectivity index (χ2v) is 3.43. The van der Waals surface area contributed by atoms with Crippen LogP contribution < -0.4 is 4.74 Å². The maximum Gasteiger partial charge on any atom is 0.119 e. The van der Waals surface area contributed by atoms with Crippen LogP contribution in [-0.4, -0.2) is 6.61 Å². The summed E-state index contributed by atoms with van der Waals surface area (Å²) in [7, 11) is 0. The van der Waals surface area contributed by atoms with Crippen LogP contribution in [-0.2, 0) is 6.42 Å². The molecule has 1 aromatic carbocycles. The summed E-state index contributed by atoms with van der Waals surface area (Å²) in [5.74, 6) is 0.970. The highest BCUT2D eigenvalue weighted by molar-refractivity contribution is 5.35. The van der Waals surface area contributed by atoms with E-state index in [1.165, 1.54) is 11.1 Å². The van der Waals surface area contributed by atoms with Crippen LogP contribution in [0, 0.1) is 6.92 Å². The van der Waals surface area contributed by atoms with E-state index in [1.807, 2.05) is 12.1 Å². The molecule has 0 saturated heterocycles. The van der Waals surface area contributed by atoms with Crippen LogP contribution in [0.1, 0.15) is 24.5 Å². The van der Waals surface area contributed by atoms with E-state index in [1.54, 1.807) is 0 Å². The Morgan fingerprint density at radius 2 is 2.21 bits per heavy atom. The van der Waals surface area contributed by atoms with Gasteiger partial charge in [-0.3, -0.25) is 0 Å². The van der Waals surface area contributed by atoms with Crippen LogP contribution in [0.5, 0.6) is 5.75 Å². The first-order valence-electron chi connectivity index (χ1n) is 5.11. The fourth-order valence-electron chi connectivity index (χ4n) is 1.36. The molecule has 0 saturated carbocycles. The van der Waals surface area contributed by atoms with Crippen LogP contribution in [0.2, 0.25) is 0 Å². The molecule has 1 rings (SSSR count). The van der Waals surface area contributed by atoms with Gasteiger partial charge in [-0.25, -0.2) is 0 Å². The first-order chi connectivity index (χ1) is 6.77. The Morgan fingerprint density at radius 3 is 2.79 bits per heavy atom. The molecule has 0 aliphatic rings. The van der Waals surface area contributed by atoms with Gasteiger partial charge in [0.2, 0.25) is 0 Å². The summed E-state index contributed by atoms with van der Waals surface area (Å²) in [4.78, 5) is 0. The highest BCUT2D eigenvalue weighted by Gasteiger charge is 1.98. The lowest BCUT2D eigenvalue weighted by atomic mass is 10.1. The molecule has 76 valence electrons. The maximum atomic E-state index is 5.54. The van der Waals surface area contributed by atoms with Gasteiger partial charge in [0.1, 0.15) is 5.75 Å². The molecule has 0 atom stereocenters. The molecule has 0 unspecified atom stereocenters. The summed E-state index contributed by atoms with van der Waals surface area (Å²) >= 11 is 0. The van der Waals surface area contributed by atoms with Crippen molar-refractivity contribution in [2.24, 2.45) is 0 Å². The smallest absolute Gasteiger partial charge is 0.119 e. The van der Waals surface area contributed by atoms with Crippen molar-refractivity contribution in [3.8, 4) is 5.75 Å². The molecule has 0 N–H and O–H groups in total. The lowest BCUT2D eigenvalue weighted by Gasteiger charge is -2.08. The topological polar surface area (TPSA) is 9.23 Å². The van der Waals surface area contributed by atoms with Crippen molar-refractivity contribution in [1.82, 2.24) is 0 Å². The zero-order valence-electron chi connectivity index (χ0n) is 9.05. The van der Waals surface area contributed by atoms with Crippen LogP contribution in [0.15, 0.2) is 30.9 Å². The Labute approximate surface area is 86.4 Å². The molecular formula is C13H18O. The summed E-state index contributed by atoms with van der Waals surface area (Å²) < 4.78 is 5.54. The summed E-state index contributed by atoms with van der Waals surface area (Å²) in [6.45, 7) is 8.75. The summed E-state index contributed by atoms with van der Waals surface area (Å²) in [6, 6.07) is 6.23. The van der Waals surface area contributed by atoms with Gasteiger partial charge in [0.05, 0.1) is 6.61 Å². The zero-order chi connectivity index (χ0) is 10.4. The van der Waals surface area contributed by atoms with E-state index >= 15 is 0 Å². The Kier molecular flexibility index (Phi) is 4.24. The van der Waals surface area contributed by atoms with E-state index < -0.39 is 0 Å². The first kappa shape index (κ1) is 10.8. The number of aryl methyl sites for hydroxylation is 1. The highest BCUT2D eigenvalue weighted by Crippen LogP contribution is 2.17. The third-order valence-corrected chi connectivity index (χ3v) is 2.15. The molecule has 14 heavy (non-hydrogen) atoms. The van der Waals surface area contributed by atoms with Crippen molar-refractivity contribution in [3.05, 3.63) is 42.0 Å². The number of ether oxygens (including phenoxy) is 1. The number of benzene rings is 1. The third-order valence-electron chi connectivity index (χ3n) is 2.15. The predicted molar refractivity (Wildman–Crippen MR) is 60.9 cm³/mol. The molecule has 0 spiro atoms. The van der Waals surface area contributed by atoms with Gasteiger partial charge >= 0.3 is 0 Å². The van der Waals surface area contributed by atoms with E-state index in [2.05, 4.69) is 32.6 Å². The van der Waals surface area contributed by atoms with Crippen molar-refractivity contribution in [1.29, 1.82) is 0 Å². The fraction of sp³-hybridized carbons (Fsp3) is 0.385. The average Bonchev–Trinajstić information content (AvgIpc) is 2.19. The van der Waals surface area contributed by atoms with Crippen LogP contribution in [0.4, 0.5) is 0 Å². The lowest BCUT2D eigenvalue weighted by molar-refractivity contribution is 0.317. The highest BCUT2D eigenvalue weighted by atomic mass is 16.5. The van der Waals surface area contributed by atoms with Crippen molar-refractivity contribution in [2.75, 3.05) is 6.61 Å². The van der Waals surface area contributed by atoms with E-state index in [9.17, 15) is 0 Å². The first-order valence-corrected chi connectivity index (χ1v) is 5.11. The van der Waals surface area contributed by atoms with Crippen LogP contribution in [0.25, 0.3) is 0 Å². The summed E-state index contributed by atoms with van der Waals surface area (Å²) in [5.41, 5.74) is 2.60. The number of hydrogen-bond acceptors (Lipinski definition) is 1. The van der Waals surface area contributed by atoms with Crippen molar-refractivity contribution in [3.63, 3.8) is 0 Å². The molecule has 0 aromatic heterocycles. The van der Waals surface area contributed by atoms with Gasteiger partial charge < -0.3 is 4.74 Å². The largest absolute Gasteiger partial charge is 0.494 e.